The van der Waals surface area contributed by atoms with Crippen molar-refractivity contribution in [2.45, 2.75) is 37.8 Å². The summed E-state index contributed by atoms with van der Waals surface area (Å²) in [4.78, 5) is 11.7. The van der Waals surface area contributed by atoms with E-state index in [-0.39, 0.29) is 11.5 Å². The number of rotatable bonds is 5. The number of amides is 1. The molecule has 0 aromatic carbocycles. The molecule has 1 amide bonds. The maximum atomic E-state index is 11.7. The van der Waals surface area contributed by atoms with E-state index in [9.17, 15) is 4.79 Å². The minimum absolute atomic E-state index is 0.0442. The van der Waals surface area contributed by atoms with Gasteiger partial charge >= 0.3 is 0 Å². The first-order valence-corrected chi connectivity index (χ1v) is 5.54. The molecule has 1 aromatic rings. The van der Waals surface area contributed by atoms with Gasteiger partial charge in [-0.2, -0.15) is 5.10 Å². The van der Waals surface area contributed by atoms with Gasteiger partial charge in [0.2, 0.25) is 5.91 Å². The van der Waals surface area contributed by atoms with Gasteiger partial charge in [0.05, 0.1) is 18.2 Å². The topological polar surface area (TPSA) is 67.0 Å². The van der Waals surface area contributed by atoms with E-state index >= 15 is 0 Å². The van der Waals surface area contributed by atoms with Crippen molar-refractivity contribution in [1.29, 1.82) is 0 Å². The lowest BCUT2D eigenvalue weighted by atomic mass is 9.77. The molecule has 0 bridgehead atoms. The molecular formula is C11H17N3O2. The van der Waals surface area contributed by atoms with E-state index in [0.29, 0.717) is 13.0 Å². The van der Waals surface area contributed by atoms with Gasteiger partial charge in [-0.25, -0.2) is 0 Å². The largest absolute Gasteiger partial charge is 0.378 e. The highest BCUT2D eigenvalue weighted by atomic mass is 16.5. The zero-order valence-corrected chi connectivity index (χ0v) is 9.45. The van der Waals surface area contributed by atoms with Crippen LogP contribution in [-0.4, -0.2) is 28.8 Å². The smallest absolute Gasteiger partial charge is 0.223 e. The Kier molecular flexibility index (Phi) is 3.24. The average molecular weight is 223 g/mol. The molecule has 2 rings (SSSR count). The Morgan fingerprint density at radius 2 is 2.50 bits per heavy atom. The number of carbonyl (C=O) groups excluding carboxylic acids is 1. The molecule has 0 atom stereocenters. The molecule has 0 aliphatic heterocycles. The summed E-state index contributed by atoms with van der Waals surface area (Å²) >= 11 is 0. The van der Waals surface area contributed by atoms with E-state index in [1.54, 1.807) is 19.5 Å². The Morgan fingerprint density at radius 1 is 1.69 bits per heavy atom. The van der Waals surface area contributed by atoms with Crippen LogP contribution in [-0.2, 0) is 16.1 Å². The van der Waals surface area contributed by atoms with Crippen LogP contribution in [0.4, 0.5) is 0 Å². The maximum Gasteiger partial charge on any atom is 0.223 e. The fourth-order valence-corrected chi connectivity index (χ4v) is 1.95. The number of nitrogens with zero attached hydrogens (tertiary/aromatic N) is 1. The van der Waals surface area contributed by atoms with Gasteiger partial charge in [0, 0.05) is 25.4 Å². The van der Waals surface area contributed by atoms with Gasteiger partial charge in [0.15, 0.2) is 0 Å². The van der Waals surface area contributed by atoms with Gasteiger partial charge < -0.3 is 10.1 Å². The van der Waals surface area contributed by atoms with Crippen molar-refractivity contribution >= 4 is 5.91 Å². The van der Waals surface area contributed by atoms with Crippen molar-refractivity contribution in [3.05, 3.63) is 18.0 Å². The van der Waals surface area contributed by atoms with Crippen molar-refractivity contribution < 1.29 is 9.53 Å². The SMILES string of the molecule is COC1(CC(=O)NCc2cn[nH]c2)CCC1. The Morgan fingerprint density at radius 3 is 3.00 bits per heavy atom. The Balaban J connectivity index is 1.76. The van der Waals surface area contributed by atoms with E-state index in [0.717, 1.165) is 24.8 Å². The first-order valence-electron chi connectivity index (χ1n) is 5.54. The summed E-state index contributed by atoms with van der Waals surface area (Å²) in [6.45, 7) is 0.523. The van der Waals surface area contributed by atoms with E-state index in [1.165, 1.54) is 0 Å². The van der Waals surface area contributed by atoms with Crippen LogP contribution in [0.3, 0.4) is 0 Å². The Labute approximate surface area is 94.6 Å². The quantitative estimate of drug-likeness (QED) is 0.782. The summed E-state index contributed by atoms with van der Waals surface area (Å²) in [5, 5.41) is 9.39. The molecule has 5 nitrogen and oxygen atoms in total. The lowest BCUT2D eigenvalue weighted by Crippen LogP contribution is -2.43. The van der Waals surface area contributed by atoms with Gasteiger partial charge in [-0.3, -0.25) is 9.89 Å². The summed E-state index contributed by atoms with van der Waals surface area (Å²) < 4.78 is 5.40. The van der Waals surface area contributed by atoms with Crippen molar-refractivity contribution in [2.24, 2.45) is 0 Å². The van der Waals surface area contributed by atoms with Crippen molar-refractivity contribution in [3.8, 4) is 0 Å². The summed E-state index contributed by atoms with van der Waals surface area (Å²) in [5.41, 5.74) is 0.786. The van der Waals surface area contributed by atoms with Gasteiger partial charge in [0.1, 0.15) is 0 Å². The molecule has 16 heavy (non-hydrogen) atoms. The normalized spacial score (nSPS) is 17.8. The molecule has 0 saturated heterocycles. The molecule has 0 radical (unpaired) electrons. The van der Waals surface area contributed by atoms with Crippen LogP contribution in [0.1, 0.15) is 31.2 Å². The average Bonchev–Trinajstić information content (AvgIpc) is 2.73. The zero-order chi connectivity index (χ0) is 11.4. The first kappa shape index (κ1) is 11.1. The number of nitrogens with one attached hydrogen (secondary N) is 2. The lowest BCUT2D eigenvalue weighted by Gasteiger charge is -2.39. The van der Waals surface area contributed by atoms with Crippen molar-refractivity contribution in [2.75, 3.05) is 7.11 Å². The highest BCUT2D eigenvalue weighted by Crippen LogP contribution is 2.37. The second kappa shape index (κ2) is 4.65. The summed E-state index contributed by atoms with van der Waals surface area (Å²) in [6, 6.07) is 0. The number of H-pyrrole nitrogens is 1. The molecular weight excluding hydrogens is 206 g/mol. The van der Waals surface area contributed by atoms with Gasteiger partial charge in [-0.15, -0.1) is 0 Å². The third-order valence-corrected chi connectivity index (χ3v) is 3.23. The Hall–Kier alpha value is -1.36. The molecule has 0 spiro atoms. The molecule has 0 unspecified atom stereocenters. The number of methoxy groups -OCH3 is 1. The monoisotopic (exact) mass is 223 g/mol. The molecule has 1 fully saturated rings. The van der Waals surface area contributed by atoms with Gasteiger partial charge in [-0.1, -0.05) is 0 Å². The first-order chi connectivity index (χ1) is 7.74. The maximum absolute atomic E-state index is 11.7. The highest BCUT2D eigenvalue weighted by Gasteiger charge is 2.38. The van der Waals surface area contributed by atoms with Crippen LogP contribution >= 0.6 is 0 Å². The molecule has 1 heterocycles. The van der Waals surface area contributed by atoms with Crippen LogP contribution in [0.25, 0.3) is 0 Å². The van der Waals surface area contributed by atoms with Crippen LogP contribution in [0.15, 0.2) is 12.4 Å². The Bertz CT molecular complexity index is 339. The third-order valence-electron chi connectivity index (χ3n) is 3.23. The van der Waals surface area contributed by atoms with Crippen LogP contribution in [0, 0.1) is 0 Å². The van der Waals surface area contributed by atoms with Crippen LogP contribution in [0.5, 0.6) is 0 Å². The van der Waals surface area contributed by atoms with Crippen LogP contribution in [0.2, 0.25) is 0 Å². The molecule has 1 saturated carbocycles. The standard InChI is InChI=1S/C11H17N3O2/c1-16-11(3-2-4-11)5-10(15)12-6-9-7-13-14-8-9/h7-8H,2-6H2,1H3,(H,12,15)(H,13,14). The summed E-state index contributed by atoms with van der Waals surface area (Å²) in [6.07, 6.45) is 7.07. The van der Waals surface area contributed by atoms with Crippen molar-refractivity contribution in [3.63, 3.8) is 0 Å². The minimum Gasteiger partial charge on any atom is -0.378 e. The van der Waals surface area contributed by atoms with E-state index < -0.39 is 0 Å². The molecule has 2 N–H and O–H groups in total. The summed E-state index contributed by atoms with van der Waals surface area (Å²) in [7, 11) is 1.68. The third kappa shape index (κ3) is 2.41. The van der Waals surface area contributed by atoms with Crippen LogP contribution < -0.4 is 5.32 Å². The fraction of sp³-hybridized carbons (Fsp3) is 0.636. The second-order valence-corrected chi connectivity index (χ2v) is 4.30. The van der Waals surface area contributed by atoms with Crippen molar-refractivity contribution in [1.82, 2.24) is 15.5 Å². The zero-order valence-electron chi connectivity index (χ0n) is 9.45. The molecule has 1 aromatic heterocycles. The number of carbonyl (C=O) groups is 1. The number of hydrogen-bond acceptors (Lipinski definition) is 3. The minimum atomic E-state index is -0.194. The predicted molar refractivity (Wildman–Crippen MR) is 58.6 cm³/mol. The second-order valence-electron chi connectivity index (χ2n) is 4.30. The highest BCUT2D eigenvalue weighted by molar-refractivity contribution is 5.77. The number of ether oxygens (including phenoxy) is 1. The van der Waals surface area contributed by atoms with E-state index in [2.05, 4.69) is 15.5 Å². The fourth-order valence-electron chi connectivity index (χ4n) is 1.95. The number of aromatic nitrogens is 2. The molecule has 1 aliphatic carbocycles. The lowest BCUT2D eigenvalue weighted by molar-refractivity contribution is -0.134. The predicted octanol–water partition coefficient (Wildman–Crippen LogP) is 0.985. The number of hydrogen-bond donors (Lipinski definition) is 2. The van der Waals surface area contributed by atoms with Gasteiger partial charge in [0.25, 0.3) is 0 Å². The molecule has 5 heteroatoms. The van der Waals surface area contributed by atoms with E-state index in [1.807, 2.05) is 0 Å². The summed E-state index contributed by atoms with van der Waals surface area (Å²) in [5.74, 6) is 0.0442. The molecule has 88 valence electrons. The molecule has 1 aliphatic rings. The van der Waals surface area contributed by atoms with Gasteiger partial charge in [-0.05, 0) is 19.3 Å². The van der Waals surface area contributed by atoms with E-state index in [4.69, 9.17) is 4.74 Å². The number of aromatic amines is 1.